The van der Waals surface area contributed by atoms with Crippen LogP contribution in [0.5, 0.6) is 0 Å². The molecule has 0 bridgehead atoms. The van der Waals surface area contributed by atoms with Crippen molar-refractivity contribution in [3.05, 3.63) is 12.2 Å². The molecule has 5 nitrogen and oxygen atoms in total. The molecule has 0 aromatic carbocycles. The molecule has 0 heterocycles. The van der Waals surface area contributed by atoms with Crippen molar-refractivity contribution in [3.8, 4) is 0 Å². The van der Waals surface area contributed by atoms with Crippen LogP contribution < -0.4 is 5.73 Å². The molecule has 0 aliphatic rings. The predicted octanol–water partition coefficient (Wildman–Crippen LogP) is 5.24. The third-order valence-corrected chi connectivity index (χ3v) is 6.50. The molecular weight excluding hydrogens is 349 g/mol. The summed E-state index contributed by atoms with van der Waals surface area (Å²) in [5.74, 6) is 0. The minimum absolute atomic E-state index is 0.162. The molecule has 0 aromatic rings. The summed E-state index contributed by atoms with van der Waals surface area (Å²) < 4.78 is 11.3. The zero-order valence-corrected chi connectivity index (χ0v) is 17.6. The van der Waals surface area contributed by atoms with Crippen molar-refractivity contribution in [1.82, 2.24) is 0 Å². The molecule has 0 amide bonds. The second-order valence-corrected chi connectivity index (χ2v) is 9.47. The molecule has 26 heavy (non-hydrogen) atoms. The van der Waals surface area contributed by atoms with Crippen LogP contribution in [-0.4, -0.2) is 26.8 Å². The van der Waals surface area contributed by atoms with Crippen molar-refractivity contribution in [2.45, 2.75) is 109 Å². The van der Waals surface area contributed by atoms with E-state index in [0.29, 0.717) is 6.42 Å². The third kappa shape index (κ3) is 13.1. The summed E-state index contributed by atoms with van der Waals surface area (Å²) in [6.45, 7) is 1.57. The highest BCUT2D eigenvalue weighted by atomic mass is 31.2. The van der Waals surface area contributed by atoms with Gasteiger partial charge in [-0.15, -0.1) is 0 Å². The van der Waals surface area contributed by atoms with E-state index in [1.807, 2.05) is 0 Å². The van der Waals surface area contributed by atoms with E-state index in [1.165, 1.54) is 57.8 Å². The maximum Gasteiger partial charge on any atom is 0.347 e. The first-order valence-corrected chi connectivity index (χ1v) is 12.1. The van der Waals surface area contributed by atoms with Gasteiger partial charge in [0.25, 0.3) is 0 Å². The number of hydrogen-bond acceptors (Lipinski definition) is 3. The number of rotatable bonds is 18. The van der Waals surface area contributed by atoms with Crippen molar-refractivity contribution in [2.75, 3.05) is 6.61 Å². The average Bonchev–Trinajstić information content (AvgIpc) is 2.60. The van der Waals surface area contributed by atoms with Gasteiger partial charge in [-0.1, -0.05) is 83.3 Å². The van der Waals surface area contributed by atoms with Crippen molar-refractivity contribution in [2.24, 2.45) is 5.73 Å². The first kappa shape index (κ1) is 25.8. The highest BCUT2D eigenvalue weighted by molar-refractivity contribution is 7.53. The number of nitrogens with two attached hydrogens (primary N) is 1. The lowest BCUT2D eigenvalue weighted by Crippen LogP contribution is -2.43. The molecule has 156 valence electrons. The molecule has 0 rings (SSSR count). The molecule has 0 aliphatic heterocycles. The van der Waals surface area contributed by atoms with Crippen molar-refractivity contribution >= 4 is 7.60 Å². The van der Waals surface area contributed by atoms with Gasteiger partial charge in [0.05, 0.1) is 6.61 Å². The Hall–Kier alpha value is -0.190. The molecule has 0 saturated carbocycles. The molecule has 0 radical (unpaired) electrons. The molecule has 0 fully saturated rings. The maximum atomic E-state index is 11.3. The summed E-state index contributed by atoms with van der Waals surface area (Å²) in [5, 5.41) is 7.35. The van der Waals surface area contributed by atoms with Gasteiger partial charge in [0.2, 0.25) is 0 Å². The highest BCUT2D eigenvalue weighted by Crippen LogP contribution is 2.49. The van der Waals surface area contributed by atoms with Gasteiger partial charge in [-0.2, -0.15) is 0 Å². The van der Waals surface area contributed by atoms with Crippen LogP contribution in [0.2, 0.25) is 0 Å². The Morgan fingerprint density at radius 3 is 1.65 bits per heavy atom. The highest BCUT2D eigenvalue weighted by Gasteiger charge is 2.42. The van der Waals surface area contributed by atoms with Crippen molar-refractivity contribution in [3.63, 3.8) is 0 Å². The summed E-state index contributed by atoms with van der Waals surface area (Å²) in [7, 11) is -4.46. The van der Waals surface area contributed by atoms with Crippen LogP contribution >= 0.6 is 7.60 Å². The minimum Gasteiger partial charge on any atom is -0.394 e. The van der Waals surface area contributed by atoms with E-state index in [1.54, 1.807) is 0 Å². The van der Waals surface area contributed by atoms with E-state index < -0.39 is 19.5 Å². The SMILES string of the molecule is CCCCCCCC/C=C\CCCCCCCCC(N)(CO)P(=O)(O)O. The first-order valence-electron chi connectivity index (χ1n) is 10.5. The Balaban J connectivity index is 3.44. The first-order chi connectivity index (χ1) is 12.4. The molecule has 1 unspecified atom stereocenters. The third-order valence-electron chi connectivity index (χ3n) is 4.98. The fourth-order valence-corrected chi connectivity index (χ4v) is 3.63. The van der Waals surface area contributed by atoms with Crippen LogP contribution in [-0.2, 0) is 4.57 Å². The topological polar surface area (TPSA) is 104 Å². The summed E-state index contributed by atoms with van der Waals surface area (Å²) in [4.78, 5) is 18.4. The van der Waals surface area contributed by atoms with Crippen LogP contribution in [0.3, 0.4) is 0 Å². The number of aliphatic hydroxyl groups excluding tert-OH is 1. The summed E-state index contributed by atoms with van der Waals surface area (Å²) in [6.07, 6.45) is 21.3. The summed E-state index contributed by atoms with van der Waals surface area (Å²) >= 11 is 0. The van der Waals surface area contributed by atoms with E-state index in [0.717, 1.165) is 25.7 Å². The quantitative estimate of drug-likeness (QED) is 0.145. The van der Waals surface area contributed by atoms with Crippen molar-refractivity contribution < 1.29 is 19.5 Å². The van der Waals surface area contributed by atoms with E-state index in [4.69, 9.17) is 10.8 Å². The smallest absolute Gasteiger partial charge is 0.347 e. The van der Waals surface area contributed by atoms with Gasteiger partial charge in [-0.3, -0.25) is 4.57 Å². The predicted molar refractivity (Wildman–Crippen MR) is 110 cm³/mol. The lowest BCUT2D eigenvalue weighted by atomic mass is 10.0. The Morgan fingerprint density at radius 1 is 0.808 bits per heavy atom. The van der Waals surface area contributed by atoms with Crippen molar-refractivity contribution in [1.29, 1.82) is 0 Å². The Kier molecular flexibility index (Phi) is 15.7. The minimum atomic E-state index is -4.46. The average molecular weight is 392 g/mol. The fraction of sp³-hybridized carbons (Fsp3) is 0.900. The van der Waals surface area contributed by atoms with Crippen LogP contribution in [0, 0.1) is 0 Å². The molecular formula is C20H42NO4P. The van der Waals surface area contributed by atoms with Gasteiger partial charge in [-0.05, 0) is 32.1 Å². The van der Waals surface area contributed by atoms with E-state index in [2.05, 4.69) is 19.1 Å². The number of unbranched alkanes of at least 4 members (excludes halogenated alkanes) is 12. The van der Waals surface area contributed by atoms with Crippen LogP contribution in [0.15, 0.2) is 12.2 Å². The zero-order chi connectivity index (χ0) is 19.7. The van der Waals surface area contributed by atoms with Gasteiger partial charge >= 0.3 is 7.60 Å². The largest absolute Gasteiger partial charge is 0.394 e. The van der Waals surface area contributed by atoms with Gasteiger partial charge in [0, 0.05) is 0 Å². The summed E-state index contributed by atoms with van der Waals surface area (Å²) in [6, 6.07) is 0. The maximum absolute atomic E-state index is 11.3. The molecule has 1 atom stereocenters. The van der Waals surface area contributed by atoms with E-state index in [-0.39, 0.29) is 6.42 Å². The molecule has 0 spiro atoms. The Bertz CT molecular complexity index is 397. The standard InChI is InChI=1S/C20H42NO4P/c1-2-3-4-5-6-7-8-9-10-11-12-13-14-15-16-17-18-20(21,19-22)26(23,24)25/h9-10,22H,2-8,11-19,21H2,1H3,(H2,23,24,25)/b10-9-. The van der Waals surface area contributed by atoms with Crippen LogP contribution in [0.25, 0.3) is 0 Å². The summed E-state index contributed by atoms with van der Waals surface area (Å²) in [5.41, 5.74) is 5.61. The molecule has 0 saturated heterocycles. The number of aliphatic hydroxyl groups is 1. The lowest BCUT2D eigenvalue weighted by Gasteiger charge is -2.27. The number of hydrogen-bond donors (Lipinski definition) is 4. The van der Waals surface area contributed by atoms with Gasteiger partial charge in [-0.25, -0.2) is 0 Å². The fourth-order valence-electron chi connectivity index (χ4n) is 3.00. The molecule has 5 N–H and O–H groups in total. The monoisotopic (exact) mass is 391 g/mol. The molecule has 6 heteroatoms. The lowest BCUT2D eigenvalue weighted by molar-refractivity contribution is 0.203. The zero-order valence-electron chi connectivity index (χ0n) is 16.7. The Morgan fingerprint density at radius 2 is 1.23 bits per heavy atom. The van der Waals surface area contributed by atoms with Crippen LogP contribution in [0.4, 0.5) is 0 Å². The molecule has 0 aliphatic carbocycles. The normalized spacial score (nSPS) is 14.8. The van der Waals surface area contributed by atoms with E-state index in [9.17, 15) is 14.4 Å². The van der Waals surface area contributed by atoms with Gasteiger partial charge < -0.3 is 20.6 Å². The van der Waals surface area contributed by atoms with Gasteiger partial charge in [0.15, 0.2) is 0 Å². The van der Waals surface area contributed by atoms with Crippen LogP contribution in [0.1, 0.15) is 103 Å². The van der Waals surface area contributed by atoms with Gasteiger partial charge in [0.1, 0.15) is 5.28 Å². The second-order valence-electron chi connectivity index (χ2n) is 7.49. The van der Waals surface area contributed by atoms with E-state index >= 15 is 0 Å². The second kappa shape index (κ2) is 15.8. The molecule has 0 aromatic heterocycles. The number of allylic oxidation sites excluding steroid dienone is 2. The Labute approximate surface area is 160 Å².